The molecule has 0 aliphatic rings. The van der Waals surface area contributed by atoms with Crippen LogP contribution in [0.5, 0.6) is 0 Å². The summed E-state index contributed by atoms with van der Waals surface area (Å²) in [6.45, 7) is 1.76. The first-order valence-corrected chi connectivity index (χ1v) is 6.28. The highest BCUT2D eigenvalue weighted by atomic mass is 16.5. The summed E-state index contributed by atoms with van der Waals surface area (Å²) in [6, 6.07) is 6.53. The molecule has 0 aliphatic heterocycles. The maximum atomic E-state index is 11.6. The van der Waals surface area contributed by atoms with Gasteiger partial charge in [0.05, 0.1) is 17.9 Å². The van der Waals surface area contributed by atoms with Gasteiger partial charge < -0.3 is 14.9 Å². The normalized spacial score (nSPS) is 10.2. The van der Waals surface area contributed by atoms with Gasteiger partial charge in [-0.25, -0.2) is 19.1 Å². The van der Waals surface area contributed by atoms with Gasteiger partial charge in [0.1, 0.15) is 0 Å². The van der Waals surface area contributed by atoms with Crippen LogP contribution in [0.25, 0.3) is 5.69 Å². The molecule has 2 rings (SSSR count). The molecule has 0 unspecified atom stereocenters. The minimum Gasteiger partial charge on any atom is -0.478 e. The Hall–Kier alpha value is -3.16. The van der Waals surface area contributed by atoms with Crippen LogP contribution in [-0.4, -0.2) is 44.5 Å². The van der Waals surface area contributed by atoms with Crippen molar-refractivity contribution in [1.82, 2.24) is 9.78 Å². The van der Waals surface area contributed by atoms with Crippen molar-refractivity contribution >= 4 is 17.9 Å². The molecular formula is C14H12N2O6. The second kappa shape index (κ2) is 6.08. The zero-order valence-corrected chi connectivity index (χ0v) is 11.5. The van der Waals surface area contributed by atoms with Crippen molar-refractivity contribution in [3.63, 3.8) is 0 Å². The monoisotopic (exact) mass is 304 g/mol. The van der Waals surface area contributed by atoms with E-state index in [9.17, 15) is 19.5 Å². The number of ether oxygens (including phenoxy) is 1. The summed E-state index contributed by atoms with van der Waals surface area (Å²) < 4.78 is 5.82. The van der Waals surface area contributed by atoms with Crippen LogP contribution in [0.4, 0.5) is 0 Å². The van der Waals surface area contributed by atoms with Crippen LogP contribution in [0.2, 0.25) is 0 Å². The third kappa shape index (κ3) is 2.95. The average Bonchev–Trinajstić information content (AvgIpc) is 2.93. The molecule has 1 aromatic heterocycles. The molecule has 0 fully saturated rings. The fraction of sp³-hybridized carbons (Fsp3) is 0.143. The number of aromatic carboxylic acids is 2. The number of carbonyl (C=O) groups is 3. The summed E-state index contributed by atoms with van der Waals surface area (Å²) >= 11 is 0. The molecular weight excluding hydrogens is 292 g/mol. The van der Waals surface area contributed by atoms with Crippen molar-refractivity contribution in [3.05, 3.63) is 47.3 Å². The Morgan fingerprint density at radius 2 is 1.77 bits per heavy atom. The molecule has 2 aromatic rings. The number of nitrogens with zero attached hydrogens (tertiary/aromatic N) is 2. The number of rotatable bonds is 5. The second-order valence-electron chi connectivity index (χ2n) is 4.20. The van der Waals surface area contributed by atoms with Crippen LogP contribution in [0.3, 0.4) is 0 Å². The van der Waals surface area contributed by atoms with E-state index in [0.29, 0.717) is 5.69 Å². The molecule has 0 amide bonds. The van der Waals surface area contributed by atoms with Crippen LogP contribution in [0, 0.1) is 0 Å². The zero-order chi connectivity index (χ0) is 16.3. The van der Waals surface area contributed by atoms with Gasteiger partial charge in [0, 0.05) is 6.07 Å². The van der Waals surface area contributed by atoms with E-state index in [4.69, 9.17) is 9.84 Å². The first-order valence-electron chi connectivity index (χ1n) is 6.28. The maximum Gasteiger partial charge on any atom is 0.358 e. The Balaban J connectivity index is 2.46. The van der Waals surface area contributed by atoms with Gasteiger partial charge in [0.15, 0.2) is 11.4 Å². The first kappa shape index (κ1) is 15.2. The fourth-order valence-corrected chi connectivity index (χ4v) is 1.78. The largest absolute Gasteiger partial charge is 0.478 e. The van der Waals surface area contributed by atoms with Gasteiger partial charge >= 0.3 is 17.9 Å². The smallest absolute Gasteiger partial charge is 0.358 e. The van der Waals surface area contributed by atoms with Crippen LogP contribution < -0.4 is 0 Å². The molecule has 0 saturated carbocycles. The highest BCUT2D eigenvalue weighted by molar-refractivity contribution is 5.93. The molecule has 1 aromatic carbocycles. The third-order valence-electron chi connectivity index (χ3n) is 2.77. The maximum absolute atomic E-state index is 11.6. The van der Waals surface area contributed by atoms with Gasteiger partial charge in [-0.1, -0.05) is 0 Å². The lowest BCUT2D eigenvalue weighted by Gasteiger charge is -2.04. The van der Waals surface area contributed by atoms with Gasteiger partial charge in [-0.15, -0.1) is 0 Å². The van der Waals surface area contributed by atoms with Gasteiger partial charge in [0.25, 0.3) is 0 Å². The fourth-order valence-electron chi connectivity index (χ4n) is 1.78. The van der Waals surface area contributed by atoms with Crippen molar-refractivity contribution in [2.75, 3.05) is 6.61 Å². The number of hydrogen-bond acceptors (Lipinski definition) is 5. The second-order valence-corrected chi connectivity index (χ2v) is 4.20. The molecule has 0 saturated heterocycles. The lowest BCUT2D eigenvalue weighted by atomic mass is 10.2. The van der Waals surface area contributed by atoms with Crippen molar-refractivity contribution < 1.29 is 29.3 Å². The predicted molar refractivity (Wildman–Crippen MR) is 73.4 cm³/mol. The van der Waals surface area contributed by atoms with Crippen molar-refractivity contribution in [1.29, 1.82) is 0 Å². The van der Waals surface area contributed by atoms with E-state index in [1.165, 1.54) is 24.3 Å². The quantitative estimate of drug-likeness (QED) is 0.802. The SMILES string of the molecule is CCOC(=O)c1cc(C(=O)O)n(-c2ccc(C(=O)O)cc2)n1. The predicted octanol–water partition coefficient (Wildman–Crippen LogP) is 1.45. The van der Waals surface area contributed by atoms with Gasteiger partial charge in [-0.05, 0) is 31.2 Å². The van der Waals surface area contributed by atoms with Crippen molar-refractivity contribution in [3.8, 4) is 5.69 Å². The van der Waals surface area contributed by atoms with Gasteiger partial charge in [-0.2, -0.15) is 5.10 Å². The van der Waals surface area contributed by atoms with E-state index < -0.39 is 17.9 Å². The van der Waals surface area contributed by atoms with E-state index in [0.717, 1.165) is 10.7 Å². The molecule has 0 aliphatic carbocycles. The standard InChI is InChI=1S/C14H12N2O6/c1-2-22-14(21)10-7-11(13(19)20)16(15-10)9-5-3-8(4-6-9)12(17)18/h3-7H,2H2,1H3,(H,17,18)(H,19,20). The molecule has 8 heteroatoms. The molecule has 2 N–H and O–H groups in total. The molecule has 114 valence electrons. The summed E-state index contributed by atoms with van der Waals surface area (Å²) in [5, 5.41) is 21.9. The summed E-state index contributed by atoms with van der Waals surface area (Å²) in [5.41, 5.74) is 0.00374. The molecule has 1 heterocycles. The van der Waals surface area contributed by atoms with Crippen molar-refractivity contribution in [2.24, 2.45) is 0 Å². The van der Waals surface area contributed by atoms with Gasteiger partial charge in [-0.3, -0.25) is 0 Å². The number of esters is 1. The van der Waals surface area contributed by atoms with E-state index in [1.54, 1.807) is 6.92 Å². The summed E-state index contributed by atoms with van der Waals surface area (Å²) in [6.07, 6.45) is 0. The first-order chi connectivity index (χ1) is 10.4. The highest BCUT2D eigenvalue weighted by Crippen LogP contribution is 2.15. The molecule has 22 heavy (non-hydrogen) atoms. The number of carboxylic acids is 2. The van der Waals surface area contributed by atoms with E-state index in [1.807, 2.05) is 0 Å². The lowest BCUT2D eigenvalue weighted by molar-refractivity contribution is 0.0518. The summed E-state index contributed by atoms with van der Waals surface area (Å²) in [7, 11) is 0. The zero-order valence-electron chi connectivity index (χ0n) is 11.5. The molecule has 0 spiro atoms. The van der Waals surface area contributed by atoms with E-state index >= 15 is 0 Å². The number of aromatic nitrogens is 2. The minimum atomic E-state index is -1.27. The van der Waals surface area contributed by atoms with Crippen LogP contribution in [0.1, 0.15) is 38.3 Å². The Morgan fingerprint density at radius 1 is 1.14 bits per heavy atom. The van der Waals surface area contributed by atoms with Gasteiger partial charge in [0.2, 0.25) is 0 Å². The highest BCUT2D eigenvalue weighted by Gasteiger charge is 2.20. The number of benzene rings is 1. The Bertz CT molecular complexity index is 732. The Kier molecular flexibility index (Phi) is 4.21. The molecule has 0 radical (unpaired) electrons. The molecule has 0 atom stereocenters. The van der Waals surface area contributed by atoms with E-state index in [2.05, 4.69) is 5.10 Å². The van der Waals surface area contributed by atoms with E-state index in [-0.39, 0.29) is 23.6 Å². The molecule has 8 nitrogen and oxygen atoms in total. The average molecular weight is 304 g/mol. The summed E-state index contributed by atoms with van der Waals surface area (Å²) in [4.78, 5) is 33.7. The van der Waals surface area contributed by atoms with Crippen LogP contribution in [0.15, 0.2) is 30.3 Å². The lowest BCUT2D eigenvalue weighted by Crippen LogP contribution is -2.09. The topological polar surface area (TPSA) is 119 Å². The number of carboxylic acid groups (broad SMARTS) is 2. The number of hydrogen-bond donors (Lipinski definition) is 2. The minimum absolute atomic E-state index is 0.0541. The van der Waals surface area contributed by atoms with Crippen LogP contribution in [-0.2, 0) is 4.74 Å². The Labute approximate surface area is 124 Å². The molecule has 0 bridgehead atoms. The number of carbonyl (C=O) groups excluding carboxylic acids is 1. The third-order valence-corrected chi connectivity index (χ3v) is 2.77. The summed E-state index contributed by atoms with van der Waals surface area (Å²) in [5.74, 6) is -3.10. The Morgan fingerprint density at radius 3 is 2.27 bits per heavy atom. The van der Waals surface area contributed by atoms with Crippen LogP contribution >= 0.6 is 0 Å². The van der Waals surface area contributed by atoms with Crippen molar-refractivity contribution in [2.45, 2.75) is 6.92 Å².